The predicted octanol–water partition coefficient (Wildman–Crippen LogP) is 3.01. The van der Waals surface area contributed by atoms with Gasteiger partial charge in [-0.1, -0.05) is 60.3 Å². The zero-order valence-corrected chi connectivity index (χ0v) is 34.2. The minimum atomic E-state index is -0.956. The molecule has 1 unspecified atom stereocenters. The number of likely N-dealkylation sites (tertiary alicyclic amines) is 1. The largest absolute Gasteiger partial charge is 0.444 e. The smallest absolute Gasteiger partial charge is 0.410 e. The number of ether oxygens (including phenoxy) is 1. The molecule has 55 heavy (non-hydrogen) atoms. The molecular formula is C39H64N8O8. The van der Waals surface area contributed by atoms with Gasteiger partial charge in [-0.15, -0.1) is 0 Å². The van der Waals surface area contributed by atoms with Crippen molar-refractivity contribution in [2.45, 2.75) is 130 Å². The topological polar surface area (TPSA) is 209 Å². The Kier molecular flexibility index (Phi) is 19.2. The average Bonchev–Trinajstić information content (AvgIpc) is 3.84. The van der Waals surface area contributed by atoms with Crippen LogP contribution in [-0.4, -0.2) is 118 Å². The number of aromatic nitrogens is 2. The van der Waals surface area contributed by atoms with Gasteiger partial charge in [0.25, 0.3) is 11.8 Å². The van der Waals surface area contributed by atoms with Crippen LogP contribution in [0.1, 0.15) is 117 Å². The number of hydrogen-bond acceptors (Lipinski definition) is 10. The average molecular weight is 773 g/mol. The minimum absolute atomic E-state index is 0.0220. The number of carbonyl (C=O) groups excluding carboxylic acids is 7. The lowest BCUT2D eigenvalue weighted by atomic mass is 9.83. The van der Waals surface area contributed by atoms with Crippen LogP contribution in [0, 0.1) is 17.8 Å². The quantitative estimate of drug-likeness (QED) is 0.228. The molecule has 3 fully saturated rings. The van der Waals surface area contributed by atoms with E-state index < -0.39 is 78.1 Å². The Hall–Kier alpha value is -4.63. The van der Waals surface area contributed by atoms with Crippen LogP contribution >= 0.6 is 0 Å². The van der Waals surface area contributed by atoms with Crippen LogP contribution in [0.25, 0.3) is 0 Å². The summed E-state index contributed by atoms with van der Waals surface area (Å²) in [5.74, 6) is -4.08. The van der Waals surface area contributed by atoms with E-state index >= 15 is 0 Å². The third kappa shape index (κ3) is 16.7. The summed E-state index contributed by atoms with van der Waals surface area (Å²) in [5, 5.41) is 10.5. The fraction of sp³-hybridized carbons (Fsp3) is 0.718. The fourth-order valence-electron chi connectivity index (χ4n) is 5.86. The highest BCUT2D eigenvalue weighted by atomic mass is 16.6. The Labute approximate surface area is 326 Å². The zero-order valence-electron chi connectivity index (χ0n) is 34.2. The number of hydrogen-bond donors (Lipinski definition) is 4. The summed E-state index contributed by atoms with van der Waals surface area (Å²) in [7, 11) is 1.46. The summed E-state index contributed by atoms with van der Waals surface area (Å²) in [5.41, 5.74) is -0.746. The van der Waals surface area contributed by atoms with E-state index in [1.165, 1.54) is 41.9 Å². The molecule has 1 aromatic heterocycles. The van der Waals surface area contributed by atoms with E-state index in [2.05, 4.69) is 65.9 Å². The summed E-state index contributed by atoms with van der Waals surface area (Å²) in [6, 6.07) is -1.76. The highest BCUT2D eigenvalue weighted by Gasteiger charge is 2.44. The summed E-state index contributed by atoms with van der Waals surface area (Å²) < 4.78 is 5.48. The monoisotopic (exact) mass is 772 g/mol. The lowest BCUT2D eigenvalue weighted by Crippen LogP contribution is -2.54. The second kappa shape index (κ2) is 22.7. The van der Waals surface area contributed by atoms with E-state index in [0.717, 1.165) is 50.9 Å². The molecule has 2 saturated carbocycles. The molecule has 0 aromatic carbocycles. The van der Waals surface area contributed by atoms with Crippen LogP contribution in [0.3, 0.4) is 0 Å². The van der Waals surface area contributed by atoms with Crippen LogP contribution in [0.5, 0.6) is 0 Å². The number of carbonyl (C=O) groups is 7. The zero-order chi connectivity index (χ0) is 41.3. The molecule has 0 spiro atoms. The Morgan fingerprint density at radius 2 is 1.53 bits per heavy atom. The summed E-state index contributed by atoms with van der Waals surface area (Å²) >= 11 is 0. The lowest BCUT2D eigenvalue weighted by molar-refractivity contribution is -0.139. The molecule has 2 aliphatic carbocycles. The first kappa shape index (κ1) is 46.5. The number of rotatable bonds is 12. The first-order chi connectivity index (χ1) is 25.9. The van der Waals surface area contributed by atoms with Crippen molar-refractivity contribution in [1.82, 2.24) is 41.0 Å². The van der Waals surface area contributed by atoms with Gasteiger partial charge in [0.05, 0.1) is 31.2 Å². The van der Waals surface area contributed by atoms with Crippen LogP contribution < -0.4 is 21.3 Å². The van der Waals surface area contributed by atoms with Gasteiger partial charge in [0.1, 0.15) is 17.3 Å². The van der Waals surface area contributed by atoms with Crippen LogP contribution in [0.15, 0.2) is 18.6 Å². The van der Waals surface area contributed by atoms with Crippen molar-refractivity contribution in [2.24, 2.45) is 17.8 Å². The molecule has 0 bridgehead atoms. The predicted molar refractivity (Wildman–Crippen MR) is 206 cm³/mol. The molecule has 16 heteroatoms. The first-order valence-electron chi connectivity index (χ1n) is 19.6. The Bertz CT molecular complexity index is 1440. The van der Waals surface area contributed by atoms with Gasteiger partial charge in [0.15, 0.2) is 0 Å². The van der Waals surface area contributed by atoms with Gasteiger partial charge in [-0.05, 0) is 58.3 Å². The standard InChI is InChI=1S/C32H46N8O8.C4H10.C3H8/c1-32(2,3)48-31(47)40-17-21(27(43)35-15-24(41)29(45)37-20-10-11-20)23(18-40)39(4)25(42)16-36-30(46)26(19-8-6-5-7-9-19)38-28(44)22-14-33-12-13-34-22;1-4(2)3;1-3-2/h12-14,19-21,23,26H,5-11,15-18H2,1-4H3,(H,35,43)(H,36,46)(H,37,45)(H,38,44);4H,1-3H3;3H2,1-2H3/t21-,23+,26?;;/m1../s1. The van der Waals surface area contributed by atoms with E-state index in [0.29, 0.717) is 0 Å². The summed E-state index contributed by atoms with van der Waals surface area (Å²) in [4.78, 5) is 101. The van der Waals surface area contributed by atoms with E-state index in [-0.39, 0.29) is 30.7 Å². The van der Waals surface area contributed by atoms with Gasteiger partial charge < -0.3 is 35.8 Å². The summed E-state index contributed by atoms with van der Waals surface area (Å²) in [6.07, 6.45) is 10.6. The Morgan fingerprint density at radius 1 is 0.909 bits per heavy atom. The van der Waals surface area contributed by atoms with E-state index in [1.54, 1.807) is 20.8 Å². The molecule has 0 radical (unpaired) electrons. The highest BCUT2D eigenvalue weighted by Crippen LogP contribution is 2.27. The van der Waals surface area contributed by atoms with Gasteiger partial charge in [-0.3, -0.25) is 33.8 Å². The SMILES string of the molecule is CC(C)C.CCC.CN(C(=O)CNC(=O)C(NC(=O)c1cnccn1)C1CCCCC1)[C@H]1CN(C(=O)OC(C)(C)C)C[C@H]1C(=O)NCC(=O)C(=O)NC1CC1. The van der Waals surface area contributed by atoms with Crippen molar-refractivity contribution >= 4 is 41.4 Å². The van der Waals surface area contributed by atoms with E-state index in [1.807, 2.05) is 0 Å². The normalized spacial score (nSPS) is 18.6. The van der Waals surface area contributed by atoms with E-state index in [4.69, 9.17) is 4.74 Å². The van der Waals surface area contributed by atoms with Crippen LogP contribution in [0.2, 0.25) is 0 Å². The summed E-state index contributed by atoms with van der Waals surface area (Å²) in [6.45, 7) is 14.7. The maximum atomic E-state index is 13.4. The lowest BCUT2D eigenvalue weighted by Gasteiger charge is -2.31. The second-order valence-electron chi connectivity index (χ2n) is 16.0. The molecule has 1 aliphatic heterocycles. The number of ketones is 1. The molecule has 1 saturated heterocycles. The number of likely N-dealkylation sites (N-methyl/N-ethyl adjacent to an activating group) is 1. The highest BCUT2D eigenvalue weighted by molar-refractivity contribution is 6.37. The number of nitrogens with zero attached hydrogens (tertiary/aromatic N) is 4. The third-order valence-corrected chi connectivity index (χ3v) is 8.66. The second-order valence-corrected chi connectivity index (χ2v) is 16.0. The van der Waals surface area contributed by atoms with E-state index in [9.17, 15) is 33.6 Å². The maximum Gasteiger partial charge on any atom is 0.410 e. The molecule has 308 valence electrons. The molecular weight excluding hydrogens is 708 g/mol. The number of amides is 6. The van der Waals surface area contributed by atoms with Crippen LogP contribution in [-0.2, 0) is 28.7 Å². The van der Waals surface area contributed by atoms with Gasteiger partial charge in [-0.25, -0.2) is 9.78 Å². The maximum absolute atomic E-state index is 13.4. The van der Waals surface area contributed by atoms with Gasteiger partial charge in [0, 0.05) is 38.6 Å². The number of nitrogens with one attached hydrogen (secondary N) is 4. The Morgan fingerprint density at radius 3 is 2.07 bits per heavy atom. The van der Waals surface area contributed by atoms with Gasteiger partial charge in [0.2, 0.25) is 23.5 Å². The molecule has 3 aliphatic rings. The molecule has 4 N–H and O–H groups in total. The first-order valence-corrected chi connectivity index (χ1v) is 19.6. The molecule has 2 heterocycles. The van der Waals surface area contributed by atoms with Crippen LogP contribution in [0.4, 0.5) is 4.79 Å². The molecule has 6 amide bonds. The van der Waals surface area contributed by atoms with Crippen molar-refractivity contribution < 1.29 is 38.3 Å². The van der Waals surface area contributed by atoms with Gasteiger partial charge >= 0.3 is 6.09 Å². The van der Waals surface area contributed by atoms with Gasteiger partial charge in [-0.2, -0.15) is 0 Å². The molecule has 1 aromatic rings. The van der Waals surface area contributed by atoms with Crippen molar-refractivity contribution in [1.29, 1.82) is 0 Å². The van der Waals surface area contributed by atoms with Crippen molar-refractivity contribution in [3.8, 4) is 0 Å². The molecule has 16 nitrogen and oxygen atoms in total. The Balaban J connectivity index is 0.00000138. The number of Topliss-reactive ketones (excluding diaryl/α,β-unsaturated/α-hetero) is 1. The minimum Gasteiger partial charge on any atom is -0.444 e. The van der Waals surface area contributed by atoms with Crippen molar-refractivity contribution in [3.63, 3.8) is 0 Å². The third-order valence-electron chi connectivity index (χ3n) is 8.66. The molecule has 3 atom stereocenters. The molecule has 4 rings (SSSR count). The van der Waals surface area contributed by atoms with Crippen molar-refractivity contribution in [3.05, 3.63) is 24.3 Å². The van der Waals surface area contributed by atoms with Crippen molar-refractivity contribution in [2.75, 3.05) is 33.2 Å². The fourth-order valence-corrected chi connectivity index (χ4v) is 5.86.